The summed E-state index contributed by atoms with van der Waals surface area (Å²) in [4.78, 5) is 0. The van der Waals surface area contributed by atoms with Crippen molar-refractivity contribution in [2.75, 3.05) is 24.4 Å². The van der Waals surface area contributed by atoms with Crippen molar-refractivity contribution in [2.24, 2.45) is 11.8 Å². The Morgan fingerprint density at radius 2 is 0.865 bits per heavy atom. The third kappa shape index (κ3) is 21.7. The molecule has 226 valence electrons. The average Bonchev–Trinajstić information content (AvgIpc) is 2.86. The minimum atomic E-state index is -3.93. The lowest BCUT2D eigenvalue weighted by atomic mass is 10.0. The van der Waals surface area contributed by atoms with Gasteiger partial charge in [0, 0.05) is 11.5 Å². The van der Waals surface area contributed by atoms with E-state index >= 15 is 0 Å². The molecule has 4 nitrogen and oxygen atoms in total. The van der Waals surface area contributed by atoms with Gasteiger partial charge in [-0.2, -0.15) is 12.0 Å². The molecule has 0 radical (unpaired) electrons. The Balaban J connectivity index is 4.49. The molecule has 0 aliphatic carbocycles. The van der Waals surface area contributed by atoms with Gasteiger partial charge in [0.05, 0.1) is 7.11 Å². The second-order valence-electron chi connectivity index (χ2n) is 11.7. The molecule has 6 heteroatoms. The van der Waals surface area contributed by atoms with Crippen molar-refractivity contribution in [3.8, 4) is 0 Å². The summed E-state index contributed by atoms with van der Waals surface area (Å²) < 4.78 is 35.3. The van der Waals surface area contributed by atoms with Gasteiger partial charge in [-0.3, -0.25) is 4.18 Å². The highest BCUT2D eigenvalue weighted by Crippen LogP contribution is 2.54. The van der Waals surface area contributed by atoms with Crippen LogP contribution in [0.15, 0.2) is 0 Å². The van der Waals surface area contributed by atoms with Gasteiger partial charge in [0.2, 0.25) is 0 Å². The van der Waals surface area contributed by atoms with Crippen molar-refractivity contribution >= 4 is 20.7 Å². The Morgan fingerprint density at radius 3 is 1.16 bits per heavy atom. The van der Waals surface area contributed by atoms with E-state index in [2.05, 4.69) is 34.6 Å². The summed E-state index contributed by atoms with van der Waals surface area (Å²) >= 11 is 0. The highest BCUT2D eigenvalue weighted by molar-refractivity contribution is 8.32. The van der Waals surface area contributed by atoms with Crippen molar-refractivity contribution in [3.05, 3.63) is 0 Å². The molecule has 37 heavy (non-hydrogen) atoms. The summed E-state index contributed by atoms with van der Waals surface area (Å²) in [6.45, 7) is 11.2. The Kier molecular flexibility index (Phi) is 24.2. The second-order valence-corrected chi connectivity index (χ2v) is 16.5. The smallest absolute Gasteiger partial charge is 0.251 e. The van der Waals surface area contributed by atoms with Crippen molar-refractivity contribution in [1.82, 2.24) is 0 Å². The van der Waals surface area contributed by atoms with E-state index in [0.29, 0.717) is 11.8 Å². The Labute approximate surface area is 235 Å². The number of rotatable bonds is 28. The van der Waals surface area contributed by atoms with Crippen molar-refractivity contribution in [3.63, 3.8) is 0 Å². The first-order chi connectivity index (χ1) is 17.7. The fourth-order valence-corrected chi connectivity index (χ4v) is 10.9. The fraction of sp³-hybridized carbons (Fsp3) is 1.00. The van der Waals surface area contributed by atoms with Crippen LogP contribution in [0.3, 0.4) is 0 Å². The highest BCUT2D eigenvalue weighted by Gasteiger charge is 2.33. The molecule has 0 aliphatic heterocycles. The normalized spacial score (nSPS) is 16.4. The molecule has 0 spiro atoms. The predicted octanol–water partition coefficient (Wildman–Crippen LogP) is 10.7. The van der Waals surface area contributed by atoms with Gasteiger partial charge in [0.25, 0.3) is 0 Å². The first kappa shape index (κ1) is 37.2. The molecular weight excluding hydrogens is 500 g/mol. The van der Waals surface area contributed by atoms with Gasteiger partial charge in [0.1, 0.15) is 0 Å². The highest BCUT2D eigenvalue weighted by atomic mass is 32.3. The Hall–Kier alpha value is 0.220. The van der Waals surface area contributed by atoms with Crippen LogP contribution in [-0.2, 0) is 18.2 Å². The molecule has 0 aliphatic rings. The average molecular weight is 567 g/mol. The second kappa shape index (κ2) is 24.1. The van der Waals surface area contributed by atoms with E-state index in [4.69, 9.17) is 7.81 Å². The number of hydrogen-bond donors (Lipinski definition) is 0. The molecule has 3 atom stereocenters. The maximum Gasteiger partial charge on any atom is 0.409 e. The molecule has 0 amide bonds. The summed E-state index contributed by atoms with van der Waals surface area (Å²) in [5.41, 5.74) is 0. The maximum absolute atomic E-state index is 12.4. The SMILES string of the molecule is CCCCCCCCCCCCCC(C)CS(CC)(CC(C)CCCCCCCCC)OS(=O)(=O)OC. The van der Waals surface area contributed by atoms with Gasteiger partial charge in [-0.25, -0.2) is 0 Å². The lowest BCUT2D eigenvalue weighted by Crippen LogP contribution is -2.26. The number of hydrogen-bond acceptors (Lipinski definition) is 4. The summed E-state index contributed by atoms with van der Waals surface area (Å²) in [6, 6.07) is 0. The Bertz CT molecular complexity index is 596. The zero-order valence-corrected chi connectivity index (χ0v) is 27.5. The summed E-state index contributed by atoms with van der Waals surface area (Å²) in [5, 5.41) is 0. The van der Waals surface area contributed by atoms with Gasteiger partial charge in [-0.05, 0) is 30.4 Å². The van der Waals surface area contributed by atoms with Gasteiger partial charge >= 0.3 is 10.4 Å². The van der Waals surface area contributed by atoms with Crippen LogP contribution in [0.5, 0.6) is 0 Å². The topological polar surface area (TPSA) is 52.6 Å². The number of unbranched alkanes of at least 4 members (excludes halogenated alkanes) is 16. The molecule has 0 aromatic carbocycles. The molecule has 0 aromatic heterocycles. The monoisotopic (exact) mass is 566 g/mol. The molecule has 0 fully saturated rings. The van der Waals surface area contributed by atoms with E-state index in [-0.39, 0.29) is 0 Å². The van der Waals surface area contributed by atoms with Crippen LogP contribution < -0.4 is 0 Å². The standard InChI is InChI=1S/C31H66O4S2/c1-7-10-12-14-16-17-18-19-21-23-25-27-31(5)29-36(9-3,35-37(32,33)34-6)28-30(4)26-24-22-20-15-13-11-8-2/h30-31H,7-29H2,1-6H3. The van der Waals surface area contributed by atoms with Crippen LogP contribution >= 0.6 is 10.3 Å². The summed E-state index contributed by atoms with van der Waals surface area (Å²) in [7, 11) is -4.45. The maximum atomic E-state index is 12.4. The van der Waals surface area contributed by atoms with Gasteiger partial charge < -0.3 is 0 Å². The van der Waals surface area contributed by atoms with E-state index in [1.807, 2.05) is 0 Å². The van der Waals surface area contributed by atoms with Crippen molar-refractivity contribution in [1.29, 1.82) is 0 Å². The lowest BCUT2D eigenvalue weighted by Gasteiger charge is -2.41. The largest absolute Gasteiger partial charge is 0.409 e. The molecule has 0 rings (SSSR count). The molecule has 0 aromatic rings. The molecule has 3 unspecified atom stereocenters. The molecule has 0 N–H and O–H groups in total. The quantitative estimate of drug-likeness (QED) is 0.0884. The third-order valence-electron chi connectivity index (χ3n) is 7.74. The first-order valence-electron chi connectivity index (χ1n) is 16.0. The van der Waals surface area contributed by atoms with Crippen LogP contribution in [0.2, 0.25) is 0 Å². The van der Waals surface area contributed by atoms with Crippen LogP contribution in [0, 0.1) is 11.8 Å². The molecule has 0 bridgehead atoms. The van der Waals surface area contributed by atoms with Crippen LogP contribution in [0.4, 0.5) is 0 Å². The van der Waals surface area contributed by atoms with Crippen LogP contribution in [0.25, 0.3) is 0 Å². The minimum Gasteiger partial charge on any atom is -0.251 e. The van der Waals surface area contributed by atoms with E-state index in [9.17, 15) is 8.42 Å². The zero-order chi connectivity index (χ0) is 27.8. The van der Waals surface area contributed by atoms with Crippen molar-refractivity contribution in [2.45, 2.75) is 163 Å². The summed E-state index contributed by atoms with van der Waals surface area (Å²) in [5.74, 6) is 3.47. The van der Waals surface area contributed by atoms with E-state index in [1.54, 1.807) is 0 Å². The fourth-order valence-electron chi connectivity index (χ4n) is 5.42. The van der Waals surface area contributed by atoms with Gasteiger partial charge in [-0.15, -0.1) is 10.3 Å². The minimum absolute atomic E-state index is 0.478. The van der Waals surface area contributed by atoms with Crippen LogP contribution in [0.1, 0.15) is 163 Å². The molecule has 0 heterocycles. The zero-order valence-electron chi connectivity index (χ0n) is 25.9. The van der Waals surface area contributed by atoms with Crippen LogP contribution in [-0.4, -0.2) is 32.8 Å². The van der Waals surface area contributed by atoms with Crippen molar-refractivity contribution < 1.29 is 16.2 Å². The lowest BCUT2D eigenvalue weighted by molar-refractivity contribution is 0.338. The molecular formula is C31H66O4S2. The molecule has 0 saturated heterocycles. The molecule has 0 saturated carbocycles. The Morgan fingerprint density at radius 1 is 0.541 bits per heavy atom. The third-order valence-corrected chi connectivity index (χ3v) is 13.4. The first-order valence-corrected chi connectivity index (χ1v) is 19.4. The van der Waals surface area contributed by atoms with E-state index in [0.717, 1.165) is 30.1 Å². The summed E-state index contributed by atoms with van der Waals surface area (Å²) in [6.07, 6.45) is 26.4. The van der Waals surface area contributed by atoms with Gasteiger partial charge in [-0.1, -0.05) is 150 Å². The van der Waals surface area contributed by atoms with E-state index < -0.39 is 20.7 Å². The van der Waals surface area contributed by atoms with E-state index in [1.165, 1.54) is 123 Å². The predicted molar refractivity (Wildman–Crippen MR) is 167 cm³/mol. The van der Waals surface area contributed by atoms with Gasteiger partial charge in [0.15, 0.2) is 0 Å².